The lowest BCUT2D eigenvalue weighted by molar-refractivity contribution is -0.149. The third kappa shape index (κ3) is 4.82. The molecule has 7 heteroatoms. The molecule has 3 rings (SSSR count). The summed E-state index contributed by atoms with van der Waals surface area (Å²) in [5.74, 6) is 0.217. The van der Waals surface area contributed by atoms with Gasteiger partial charge in [-0.15, -0.1) is 0 Å². The average molecular weight is 343 g/mol. The molecule has 0 radical (unpaired) electrons. The highest BCUT2D eigenvalue weighted by atomic mass is 16.6. The summed E-state index contributed by atoms with van der Waals surface area (Å²) in [4.78, 5) is 23.6. The second kappa shape index (κ2) is 8.32. The second-order valence-corrected chi connectivity index (χ2v) is 5.91. The fourth-order valence-electron chi connectivity index (χ4n) is 2.88. The normalized spacial score (nSPS) is 14.2. The van der Waals surface area contributed by atoms with Gasteiger partial charge in [0.15, 0.2) is 13.2 Å². The Hall–Kier alpha value is -2.83. The topological polar surface area (TPSA) is 82.5 Å². The Morgan fingerprint density at radius 1 is 1.12 bits per heavy atom. The predicted octanol–water partition coefficient (Wildman–Crippen LogP) is 2.56. The highest BCUT2D eigenvalue weighted by Crippen LogP contribution is 2.31. The fraction of sp³-hybridized carbons (Fsp3) is 0.389. The first-order chi connectivity index (χ1) is 12.2. The highest BCUT2D eigenvalue weighted by molar-refractivity contribution is 5.92. The van der Waals surface area contributed by atoms with E-state index in [1.807, 2.05) is 22.9 Å². The minimum atomic E-state index is -0.594. The number of carbonyl (C=O) groups is 2. The van der Waals surface area contributed by atoms with Crippen molar-refractivity contribution >= 4 is 17.7 Å². The number of hydrogen-bond acceptors (Lipinski definition) is 5. The van der Waals surface area contributed by atoms with Crippen LogP contribution in [0.25, 0.3) is 0 Å². The van der Waals surface area contributed by atoms with E-state index in [-0.39, 0.29) is 13.2 Å². The van der Waals surface area contributed by atoms with E-state index in [1.165, 1.54) is 12.8 Å². The van der Waals surface area contributed by atoms with Gasteiger partial charge in [0.1, 0.15) is 11.6 Å². The summed E-state index contributed by atoms with van der Waals surface area (Å²) in [6.45, 7) is -0.593. The number of amides is 1. The molecular formula is C18H21N3O4. The molecule has 1 N–H and O–H groups in total. The Bertz CT molecular complexity index is 708. The molecule has 7 nitrogen and oxygen atoms in total. The van der Waals surface area contributed by atoms with Crippen molar-refractivity contribution in [2.45, 2.75) is 31.7 Å². The number of hydrogen-bond donors (Lipinski definition) is 1. The van der Waals surface area contributed by atoms with Gasteiger partial charge in [0, 0.05) is 6.07 Å². The summed E-state index contributed by atoms with van der Waals surface area (Å²) in [5.41, 5.74) is 0. The maximum absolute atomic E-state index is 12.0. The van der Waals surface area contributed by atoms with Crippen LogP contribution in [0.15, 0.2) is 42.6 Å². The van der Waals surface area contributed by atoms with E-state index in [9.17, 15) is 9.59 Å². The Labute approximate surface area is 145 Å². The zero-order valence-electron chi connectivity index (χ0n) is 13.9. The standard InChI is InChI=1S/C18H21N3O4/c22-17(12-25-18(23)13-24-15-8-2-1-3-9-15)20-16-10-11-19-21(16)14-6-4-5-7-14/h1-3,8-11,14H,4-7,12-13H2,(H,20,22). The molecule has 1 aromatic carbocycles. The van der Waals surface area contributed by atoms with Gasteiger partial charge in [0.2, 0.25) is 0 Å². The Morgan fingerprint density at radius 3 is 2.64 bits per heavy atom. The fourth-order valence-corrected chi connectivity index (χ4v) is 2.88. The van der Waals surface area contributed by atoms with Crippen molar-refractivity contribution in [3.8, 4) is 5.75 Å². The Balaban J connectivity index is 1.42. The highest BCUT2D eigenvalue weighted by Gasteiger charge is 2.20. The lowest BCUT2D eigenvalue weighted by Crippen LogP contribution is -2.25. The van der Waals surface area contributed by atoms with Gasteiger partial charge in [-0.05, 0) is 25.0 Å². The molecule has 0 atom stereocenters. The minimum Gasteiger partial charge on any atom is -0.482 e. The molecule has 0 unspecified atom stereocenters. The number of ether oxygens (including phenoxy) is 2. The maximum atomic E-state index is 12.0. The SMILES string of the molecule is O=C(COC(=O)COc1ccccc1)Nc1ccnn1C1CCCC1. The smallest absolute Gasteiger partial charge is 0.344 e. The number of benzene rings is 1. The van der Waals surface area contributed by atoms with Gasteiger partial charge in [-0.3, -0.25) is 4.79 Å². The van der Waals surface area contributed by atoms with E-state index in [4.69, 9.17) is 9.47 Å². The van der Waals surface area contributed by atoms with Gasteiger partial charge in [-0.1, -0.05) is 31.0 Å². The molecule has 0 saturated heterocycles. The zero-order chi connectivity index (χ0) is 17.5. The van der Waals surface area contributed by atoms with Crippen molar-refractivity contribution in [3.63, 3.8) is 0 Å². The van der Waals surface area contributed by atoms with Crippen LogP contribution >= 0.6 is 0 Å². The molecule has 2 aromatic rings. The number of carbonyl (C=O) groups excluding carboxylic acids is 2. The summed E-state index contributed by atoms with van der Waals surface area (Å²) in [6, 6.07) is 11.0. The summed E-state index contributed by atoms with van der Waals surface area (Å²) >= 11 is 0. The number of rotatable bonds is 7. The summed E-state index contributed by atoms with van der Waals surface area (Å²) in [6.07, 6.45) is 6.15. The Kier molecular flexibility index (Phi) is 5.66. The molecule has 1 aromatic heterocycles. The zero-order valence-corrected chi connectivity index (χ0v) is 13.9. The van der Waals surface area contributed by atoms with E-state index in [2.05, 4.69) is 10.4 Å². The lowest BCUT2D eigenvalue weighted by Gasteiger charge is -2.14. The van der Waals surface area contributed by atoms with E-state index in [0.717, 1.165) is 12.8 Å². The molecule has 1 amide bonds. The van der Waals surface area contributed by atoms with E-state index < -0.39 is 11.9 Å². The maximum Gasteiger partial charge on any atom is 0.344 e. The monoisotopic (exact) mass is 343 g/mol. The van der Waals surface area contributed by atoms with E-state index in [0.29, 0.717) is 17.6 Å². The van der Waals surface area contributed by atoms with Gasteiger partial charge < -0.3 is 14.8 Å². The first kappa shape index (κ1) is 17.0. The molecule has 0 bridgehead atoms. The molecule has 0 spiro atoms. The molecule has 0 aliphatic heterocycles. The lowest BCUT2D eigenvalue weighted by atomic mass is 10.2. The van der Waals surface area contributed by atoms with Crippen LogP contribution in [-0.4, -0.2) is 34.9 Å². The van der Waals surface area contributed by atoms with Crippen LogP contribution in [0.4, 0.5) is 5.82 Å². The second-order valence-electron chi connectivity index (χ2n) is 5.91. The molecule has 1 aliphatic rings. The van der Waals surface area contributed by atoms with E-state index in [1.54, 1.807) is 24.4 Å². The summed E-state index contributed by atoms with van der Waals surface area (Å²) in [5, 5.41) is 7.02. The number of aromatic nitrogens is 2. The number of para-hydroxylation sites is 1. The van der Waals surface area contributed by atoms with Crippen LogP contribution in [0.5, 0.6) is 5.75 Å². The van der Waals surface area contributed by atoms with Crippen LogP contribution in [0.2, 0.25) is 0 Å². The number of nitrogens with zero attached hydrogens (tertiary/aromatic N) is 2. The number of anilines is 1. The summed E-state index contributed by atoms with van der Waals surface area (Å²) in [7, 11) is 0. The third-order valence-corrected chi connectivity index (χ3v) is 4.07. The minimum absolute atomic E-state index is 0.239. The van der Waals surface area contributed by atoms with Gasteiger partial charge in [0.05, 0.1) is 12.2 Å². The van der Waals surface area contributed by atoms with Crippen molar-refractivity contribution in [2.24, 2.45) is 0 Å². The van der Waals surface area contributed by atoms with Crippen LogP contribution < -0.4 is 10.1 Å². The van der Waals surface area contributed by atoms with Gasteiger partial charge in [0.25, 0.3) is 5.91 Å². The van der Waals surface area contributed by atoms with E-state index >= 15 is 0 Å². The van der Waals surface area contributed by atoms with Crippen molar-refractivity contribution in [2.75, 3.05) is 18.5 Å². The quantitative estimate of drug-likeness (QED) is 0.781. The predicted molar refractivity (Wildman–Crippen MR) is 91.3 cm³/mol. The first-order valence-corrected chi connectivity index (χ1v) is 8.39. The van der Waals surface area contributed by atoms with Crippen LogP contribution in [0.1, 0.15) is 31.7 Å². The molecule has 25 heavy (non-hydrogen) atoms. The molecule has 132 valence electrons. The van der Waals surface area contributed by atoms with Crippen molar-refractivity contribution in [3.05, 3.63) is 42.6 Å². The molecular weight excluding hydrogens is 322 g/mol. The molecule has 1 aliphatic carbocycles. The third-order valence-electron chi connectivity index (χ3n) is 4.07. The molecule has 1 saturated carbocycles. The molecule has 1 heterocycles. The Morgan fingerprint density at radius 2 is 1.88 bits per heavy atom. The van der Waals surface area contributed by atoms with Gasteiger partial charge in [-0.25, -0.2) is 9.48 Å². The summed E-state index contributed by atoms with van der Waals surface area (Å²) < 4.78 is 12.0. The van der Waals surface area contributed by atoms with Crippen LogP contribution in [-0.2, 0) is 14.3 Å². The van der Waals surface area contributed by atoms with Gasteiger partial charge >= 0.3 is 5.97 Å². The largest absolute Gasteiger partial charge is 0.482 e. The van der Waals surface area contributed by atoms with Crippen LogP contribution in [0.3, 0.4) is 0 Å². The van der Waals surface area contributed by atoms with Crippen LogP contribution in [0, 0.1) is 0 Å². The van der Waals surface area contributed by atoms with Crippen molar-refractivity contribution < 1.29 is 19.1 Å². The first-order valence-electron chi connectivity index (χ1n) is 8.39. The average Bonchev–Trinajstić information content (AvgIpc) is 3.30. The van der Waals surface area contributed by atoms with Crippen molar-refractivity contribution in [1.29, 1.82) is 0 Å². The number of nitrogens with one attached hydrogen (secondary N) is 1. The van der Waals surface area contributed by atoms with Gasteiger partial charge in [-0.2, -0.15) is 5.10 Å². The molecule has 1 fully saturated rings. The van der Waals surface area contributed by atoms with Crippen molar-refractivity contribution in [1.82, 2.24) is 9.78 Å². The number of esters is 1.